The predicted octanol–water partition coefficient (Wildman–Crippen LogP) is 1.42. The molecule has 0 spiro atoms. The third-order valence-corrected chi connectivity index (χ3v) is 2.67. The fourth-order valence-electron chi connectivity index (χ4n) is 1.39. The van der Waals surface area contributed by atoms with Crippen LogP contribution in [0.3, 0.4) is 0 Å². The zero-order chi connectivity index (χ0) is 13.7. The van der Waals surface area contributed by atoms with Crippen molar-refractivity contribution in [2.24, 2.45) is 5.84 Å². The van der Waals surface area contributed by atoms with E-state index in [0.29, 0.717) is 11.4 Å². The predicted molar refractivity (Wildman–Crippen MR) is 72.2 cm³/mol. The Morgan fingerprint density at radius 1 is 1.42 bits per heavy atom. The van der Waals surface area contributed by atoms with Crippen LogP contribution >= 0.6 is 15.9 Å². The maximum absolute atomic E-state index is 11.3. The van der Waals surface area contributed by atoms with Gasteiger partial charge in [0.05, 0.1) is 11.9 Å². The lowest BCUT2D eigenvalue weighted by atomic mass is 10.3. The van der Waals surface area contributed by atoms with E-state index in [2.05, 4.69) is 25.9 Å². The number of carbonyl (C=O) groups excluding carboxylic acids is 1. The van der Waals surface area contributed by atoms with Crippen LogP contribution in [0, 0.1) is 0 Å². The van der Waals surface area contributed by atoms with Gasteiger partial charge in [-0.15, -0.1) is 0 Å². The van der Waals surface area contributed by atoms with Crippen molar-refractivity contribution in [3.05, 3.63) is 52.5 Å². The van der Waals surface area contributed by atoms with Gasteiger partial charge in [0.1, 0.15) is 18.1 Å². The van der Waals surface area contributed by atoms with Crippen molar-refractivity contribution >= 4 is 21.8 Å². The van der Waals surface area contributed by atoms with Gasteiger partial charge >= 0.3 is 0 Å². The minimum atomic E-state index is -0.439. The maximum Gasteiger partial charge on any atom is 0.283 e. The van der Waals surface area contributed by atoms with Gasteiger partial charge in [-0.05, 0) is 34.1 Å². The highest BCUT2D eigenvalue weighted by atomic mass is 79.9. The highest BCUT2D eigenvalue weighted by Gasteiger charge is 2.06. The van der Waals surface area contributed by atoms with Crippen molar-refractivity contribution in [1.82, 2.24) is 15.4 Å². The Morgan fingerprint density at radius 2 is 2.26 bits per heavy atom. The van der Waals surface area contributed by atoms with Gasteiger partial charge in [-0.25, -0.2) is 10.8 Å². The van der Waals surface area contributed by atoms with E-state index in [4.69, 9.17) is 10.6 Å². The molecule has 19 heavy (non-hydrogen) atoms. The zero-order valence-corrected chi connectivity index (χ0v) is 11.4. The Hall–Kier alpha value is -1.99. The largest absolute Gasteiger partial charge is 0.486 e. The molecule has 0 aromatic carbocycles. The van der Waals surface area contributed by atoms with Crippen LogP contribution < -0.4 is 16.0 Å². The molecule has 0 radical (unpaired) electrons. The first kappa shape index (κ1) is 13.4. The number of amides is 1. The van der Waals surface area contributed by atoms with Crippen molar-refractivity contribution in [2.75, 3.05) is 0 Å². The number of hydrogen-bond donors (Lipinski definition) is 2. The number of aromatic nitrogens is 2. The topological polar surface area (TPSA) is 90.1 Å². The fourth-order valence-corrected chi connectivity index (χ4v) is 1.73. The molecule has 3 N–H and O–H groups in total. The molecule has 0 bridgehead atoms. The van der Waals surface area contributed by atoms with E-state index in [1.807, 2.05) is 5.43 Å². The molecular formula is C12H11BrN4O2. The Labute approximate surface area is 118 Å². The van der Waals surface area contributed by atoms with Gasteiger partial charge in [0, 0.05) is 10.7 Å². The summed E-state index contributed by atoms with van der Waals surface area (Å²) in [5, 5.41) is 0. The van der Waals surface area contributed by atoms with Gasteiger partial charge in [-0.1, -0.05) is 6.07 Å². The molecule has 0 unspecified atom stereocenters. The number of carbonyl (C=O) groups is 1. The van der Waals surface area contributed by atoms with Crippen LogP contribution in [0.15, 0.2) is 41.1 Å². The summed E-state index contributed by atoms with van der Waals surface area (Å²) in [6.45, 7) is 0.240. The quantitative estimate of drug-likeness (QED) is 0.504. The van der Waals surface area contributed by atoms with E-state index in [1.165, 1.54) is 0 Å². The number of rotatable bonds is 4. The van der Waals surface area contributed by atoms with Crippen LogP contribution in [0.25, 0.3) is 0 Å². The first-order valence-corrected chi connectivity index (χ1v) is 6.18. The van der Waals surface area contributed by atoms with Crippen molar-refractivity contribution in [2.45, 2.75) is 6.61 Å². The maximum atomic E-state index is 11.3. The summed E-state index contributed by atoms with van der Waals surface area (Å²) in [5.74, 6) is 5.23. The summed E-state index contributed by atoms with van der Waals surface area (Å²) in [5.41, 5.74) is 2.90. The monoisotopic (exact) mass is 322 g/mol. The van der Waals surface area contributed by atoms with Gasteiger partial charge in [0.15, 0.2) is 0 Å². The molecule has 0 saturated heterocycles. The second-order valence-corrected chi connectivity index (χ2v) is 4.53. The Bertz CT molecular complexity index is 591. The molecule has 2 aromatic heterocycles. The molecule has 1 amide bonds. The number of nitrogens with one attached hydrogen (secondary N) is 1. The van der Waals surface area contributed by atoms with Crippen LogP contribution in [0.2, 0.25) is 0 Å². The number of hydrogen-bond acceptors (Lipinski definition) is 5. The minimum Gasteiger partial charge on any atom is -0.486 e. The molecule has 2 heterocycles. The molecule has 2 aromatic rings. The van der Waals surface area contributed by atoms with Gasteiger partial charge < -0.3 is 4.74 Å². The SMILES string of the molecule is NNC(=O)c1cccc(COc2cncc(Br)c2)n1. The average Bonchev–Trinajstić information content (AvgIpc) is 2.45. The van der Waals surface area contributed by atoms with Gasteiger partial charge in [-0.2, -0.15) is 0 Å². The molecular weight excluding hydrogens is 312 g/mol. The zero-order valence-electron chi connectivity index (χ0n) is 9.84. The van der Waals surface area contributed by atoms with Crippen molar-refractivity contribution < 1.29 is 9.53 Å². The van der Waals surface area contributed by atoms with E-state index in [0.717, 1.165) is 4.47 Å². The summed E-state index contributed by atoms with van der Waals surface area (Å²) >= 11 is 3.30. The van der Waals surface area contributed by atoms with Crippen LogP contribution in [0.1, 0.15) is 16.2 Å². The van der Waals surface area contributed by atoms with Crippen molar-refractivity contribution in [3.8, 4) is 5.75 Å². The van der Waals surface area contributed by atoms with Gasteiger partial charge in [0.25, 0.3) is 5.91 Å². The van der Waals surface area contributed by atoms with Crippen molar-refractivity contribution in [3.63, 3.8) is 0 Å². The Morgan fingerprint density at radius 3 is 3.00 bits per heavy atom. The first-order valence-electron chi connectivity index (χ1n) is 5.39. The van der Waals surface area contributed by atoms with Gasteiger partial charge in [-0.3, -0.25) is 15.2 Å². The summed E-state index contributed by atoms with van der Waals surface area (Å²) in [6, 6.07) is 6.85. The highest BCUT2D eigenvalue weighted by molar-refractivity contribution is 9.10. The number of halogens is 1. The Balaban J connectivity index is 2.05. The molecule has 0 aliphatic heterocycles. The van der Waals surface area contributed by atoms with Crippen LogP contribution in [0.5, 0.6) is 5.75 Å². The normalized spacial score (nSPS) is 10.0. The molecule has 98 valence electrons. The Kier molecular flexibility index (Phi) is 4.43. The molecule has 7 heteroatoms. The lowest BCUT2D eigenvalue weighted by Crippen LogP contribution is -2.30. The number of nitrogen functional groups attached to an aromatic ring is 1. The number of nitrogens with zero attached hydrogens (tertiary/aromatic N) is 2. The van der Waals surface area contributed by atoms with E-state index in [-0.39, 0.29) is 12.3 Å². The smallest absolute Gasteiger partial charge is 0.283 e. The molecule has 0 aliphatic rings. The standard InChI is InChI=1S/C12H11BrN4O2/c13-8-4-10(6-15-5-8)19-7-9-2-1-3-11(16-9)12(18)17-14/h1-6H,7,14H2,(H,17,18). The summed E-state index contributed by atoms with van der Waals surface area (Å²) in [7, 11) is 0. The fraction of sp³-hybridized carbons (Fsp3) is 0.0833. The minimum absolute atomic E-state index is 0.240. The van der Waals surface area contributed by atoms with Crippen LogP contribution in [0.4, 0.5) is 0 Å². The number of hydrazine groups is 1. The summed E-state index contributed by atoms with van der Waals surface area (Å²) in [6.07, 6.45) is 3.26. The number of pyridine rings is 2. The van der Waals surface area contributed by atoms with E-state index in [1.54, 1.807) is 36.7 Å². The van der Waals surface area contributed by atoms with Crippen LogP contribution in [-0.2, 0) is 6.61 Å². The van der Waals surface area contributed by atoms with E-state index in [9.17, 15) is 4.79 Å². The van der Waals surface area contributed by atoms with Crippen molar-refractivity contribution in [1.29, 1.82) is 0 Å². The third-order valence-electron chi connectivity index (χ3n) is 2.24. The molecule has 2 rings (SSSR count). The number of ether oxygens (including phenoxy) is 1. The van der Waals surface area contributed by atoms with Gasteiger partial charge in [0.2, 0.25) is 0 Å². The molecule has 6 nitrogen and oxygen atoms in total. The second kappa shape index (κ2) is 6.26. The lowest BCUT2D eigenvalue weighted by Gasteiger charge is -2.06. The molecule has 0 aliphatic carbocycles. The first-order chi connectivity index (χ1) is 9.19. The summed E-state index contributed by atoms with van der Waals surface area (Å²) in [4.78, 5) is 19.4. The average molecular weight is 323 g/mol. The number of nitrogens with two attached hydrogens (primary N) is 1. The third kappa shape index (κ3) is 3.73. The van der Waals surface area contributed by atoms with Crippen LogP contribution in [-0.4, -0.2) is 15.9 Å². The second-order valence-electron chi connectivity index (χ2n) is 3.62. The van der Waals surface area contributed by atoms with E-state index >= 15 is 0 Å². The lowest BCUT2D eigenvalue weighted by molar-refractivity contribution is 0.0948. The molecule has 0 atom stereocenters. The van der Waals surface area contributed by atoms with E-state index < -0.39 is 5.91 Å². The highest BCUT2D eigenvalue weighted by Crippen LogP contribution is 2.16. The summed E-state index contributed by atoms with van der Waals surface area (Å²) < 4.78 is 6.35. The molecule has 0 fully saturated rings. The molecule has 0 saturated carbocycles.